The smallest absolute Gasteiger partial charge is 0.268 e. The Labute approximate surface area is 432 Å². The number of hydrogen-bond acceptors (Lipinski definition) is 12. The zero-order chi connectivity index (χ0) is 51.9. The fourth-order valence-corrected chi connectivity index (χ4v) is 12.9. The van der Waals surface area contributed by atoms with Crippen molar-refractivity contribution in [3.63, 3.8) is 0 Å². The van der Waals surface area contributed by atoms with Gasteiger partial charge >= 0.3 is 0 Å². The molecule has 1 spiro atoms. The molecule has 4 fully saturated rings. The van der Waals surface area contributed by atoms with E-state index in [2.05, 4.69) is 80.1 Å². The molecule has 1 atom stereocenters. The number of rotatable bonds is 15. The summed E-state index contributed by atoms with van der Waals surface area (Å²) >= 11 is 0. The Balaban J connectivity index is 0.839. The summed E-state index contributed by atoms with van der Waals surface area (Å²) in [6, 6.07) is 25.9. The average Bonchev–Trinajstić information content (AvgIpc) is 3.75. The van der Waals surface area contributed by atoms with Crippen LogP contribution in [0.25, 0.3) is 11.0 Å². The summed E-state index contributed by atoms with van der Waals surface area (Å²) in [7, 11) is -2.83. The first-order chi connectivity index (χ1) is 35.4. The number of fused-ring (bicyclic) bond motifs is 1. The molecule has 392 valence electrons. The van der Waals surface area contributed by atoms with Crippen LogP contribution in [0.1, 0.15) is 111 Å². The number of nitrogens with two attached hydrogens (primary N) is 1. The number of halogens is 2. The number of hydrogen-bond donors (Lipinski definition) is 5. The maximum atomic E-state index is 16.6. The maximum absolute atomic E-state index is 16.6. The second kappa shape index (κ2) is 20.8. The van der Waals surface area contributed by atoms with Crippen LogP contribution < -0.4 is 30.1 Å². The summed E-state index contributed by atoms with van der Waals surface area (Å²) in [6.45, 7) is 11.8. The molecule has 17 heteroatoms. The molecule has 2 saturated heterocycles. The van der Waals surface area contributed by atoms with Crippen LogP contribution in [0.5, 0.6) is 17.2 Å². The van der Waals surface area contributed by atoms with Gasteiger partial charge in [0.15, 0.2) is 0 Å². The number of ether oxygens (including phenoxy) is 2. The van der Waals surface area contributed by atoms with E-state index in [0.29, 0.717) is 56.0 Å². The number of pyridine rings is 1. The highest BCUT2D eigenvalue weighted by molar-refractivity contribution is 7.90. The van der Waals surface area contributed by atoms with Crippen LogP contribution in [0, 0.1) is 23.0 Å². The first-order valence-corrected chi connectivity index (χ1v) is 27.5. The van der Waals surface area contributed by atoms with Gasteiger partial charge < -0.3 is 35.5 Å². The largest absolute Gasteiger partial charge is 0.497 e. The van der Waals surface area contributed by atoms with E-state index < -0.39 is 33.2 Å². The fourth-order valence-electron chi connectivity index (χ4n) is 11.9. The quantitative estimate of drug-likeness (QED) is 0.0616. The highest BCUT2D eigenvalue weighted by atomic mass is 32.2. The lowest BCUT2D eigenvalue weighted by atomic mass is 9.59. The SMILES string of the molecule is COc1ccc(CN2CCN(C3CC4(CCN(c5cc(Oc6cnc7[nH]cc(F)c7c6)c(C(=O)NS(=O)(=O)c6ccc(NCC7CCC(C)(O)CC7)c(N)c6)cc5F)CC4)C3)C(c3ccccc3C(C)C)C2)cc1. The number of aromatic nitrogens is 2. The molecule has 4 heterocycles. The molecule has 74 heavy (non-hydrogen) atoms. The highest BCUT2D eigenvalue weighted by Gasteiger charge is 2.50. The highest BCUT2D eigenvalue weighted by Crippen LogP contribution is 2.54. The zero-order valence-corrected chi connectivity index (χ0v) is 43.5. The van der Waals surface area contributed by atoms with E-state index in [4.69, 9.17) is 15.2 Å². The van der Waals surface area contributed by atoms with Gasteiger partial charge in [0.25, 0.3) is 15.9 Å². The van der Waals surface area contributed by atoms with Crippen LogP contribution in [0.2, 0.25) is 0 Å². The van der Waals surface area contributed by atoms with Crippen LogP contribution in [0.3, 0.4) is 0 Å². The van der Waals surface area contributed by atoms with E-state index in [1.54, 1.807) is 13.2 Å². The number of carbonyl (C=O) groups is 1. The van der Waals surface area contributed by atoms with Gasteiger partial charge in [0, 0.05) is 70.2 Å². The Morgan fingerprint density at radius 1 is 0.932 bits per heavy atom. The van der Waals surface area contributed by atoms with Crippen LogP contribution in [-0.4, -0.2) is 97.2 Å². The minimum absolute atomic E-state index is 0.0638. The second-order valence-corrected chi connectivity index (χ2v) is 23.5. The number of carbonyl (C=O) groups excluding carboxylic acids is 1. The summed E-state index contributed by atoms with van der Waals surface area (Å²) in [5.74, 6) is -0.908. The number of piperidine rings is 1. The first kappa shape index (κ1) is 51.2. The predicted molar refractivity (Wildman–Crippen MR) is 284 cm³/mol. The Morgan fingerprint density at radius 2 is 1.68 bits per heavy atom. The molecule has 0 bridgehead atoms. The number of amides is 1. The van der Waals surface area contributed by atoms with Crippen molar-refractivity contribution in [3.8, 4) is 17.2 Å². The number of piperazine rings is 1. The Bertz CT molecular complexity index is 3110. The molecule has 14 nitrogen and oxygen atoms in total. The molecular weight excluding hydrogens is 963 g/mol. The van der Waals surface area contributed by atoms with Gasteiger partial charge in [-0.3, -0.25) is 14.6 Å². The molecule has 6 N–H and O–H groups in total. The molecule has 0 radical (unpaired) electrons. The van der Waals surface area contributed by atoms with Crippen LogP contribution in [0.15, 0.2) is 102 Å². The molecular formula is C57H68F2N8O6S. The third-order valence-corrected chi connectivity index (χ3v) is 17.6. The lowest BCUT2D eigenvalue weighted by Gasteiger charge is -2.58. The molecule has 2 saturated carbocycles. The van der Waals surface area contributed by atoms with Gasteiger partial charge in [-0.25, -0.2) is 26.9 Å². The Kier molecular flexibility index (Phi) is 14.4. The Hall–Kier alpha value is -6.27. The van der Waals surface area contributed by atoms with Crippen LogP contribution in [-0.2, 0) is 16.6 Å². The van der Waals surface area contributed by atoms with Crippen molar-refractivity contribution < 1.29 is 36.6 Å². The summed E-state index contributed by atoms with van der Waals surface area (Å²) in [5, 5.41) is 13.8. The minimum Gasteiger partial charge on any atom is -0.497 e. The fraction of sp³-hybridized carbons (Fsp3) is 0.439. The van der Waals surface area contributed by atoms with Crippen molar-refractivity contribution in [1.29, 1.82) is 0 Å². The minimum atomic E-state index is -4.52. The van der Waals surface area contributed by atoms with Gasteiger partial charge in [0.2, 0.25) is 0 Å². The van der Waals surface area contributed by atoms with Gasteiger partial charge in [-0.1, -0.05) is 50.2 Å². The Morgan fingerprint density at radius 3 is 2.39 bits per heavy atom. The van der Waals surface area contributed by atoms with Gasteiger partial charge in [-0.05, 0) is 135 Å². The van der Waals surface area contributed by atoms with E-state index in [1.807, 2.05) is 24.0 Å². The number of benzene rings is 4. The van der Waals surface area contributed by atoms with Crippen molar-refractivity contribution in [2.45, 2.75) is 107 Å². The number of nitrogen functional groups attached to an aromatic ring is 1. The van der Waals surface area contributed by atoms with E-state index >= 15 is 4.39 Å². The number of nitrogens with one attached hydrogen (secondary N) is 3. The molecule has 2 aliphatic carbocycles. The molecule has 2 aliphatic heterocycles. The van der Waals surface area contributed by atoms with Crippen molar-refractivity contribution in [1.82, 2.24) is 24.5 Å². The molecule has 2 aromatic heterocycles. The molecule has 1 unspecified atom stereocenters. The normalized spacial score (nSPS) is 21.7. The van der Waals surface area contributed by atoms with Crippen molar-refractivity contribution in [3.05, 3.63) is 131 Å². The molecule has 10 rings (SSSR count). The van der Waals surface area contributed by atoms with Crippen molar-refractivity contribution >= 4 is 44.0 Å². The number of anilines is 3. The molecule has 4 aliphatic rings. The van der Waals surface area contributed by atoms with E-state index in [0.717, 1.165) is 76.5 Å². The second-order valence-electron chi connectivity index (χ2n) is 21.8. The summed E-state index contributed by atoms with van der Waals surface area (Å²) in [6.07, 6.45) is 9.40. The van der Waals surface area contributed by atoms with Crippen molar-refractivity contribution in [2.24, 2.45) is 11.3 Å². The number of nitrogens with zero attached hydrogens (tertiary/aromatic N) is 4. The number of H-pyrrole nitrogens is 1. The number of sulfonamides is 1. The number of aliphatic hydroxyl groups is 1. The number of methoxy groups -OCH3 is 1. The predicted octanol–water partition coefficient (Wildman–Crippen LogP) is 10.1. The van der Waals surface area contributed by atoms with Crippen LogP contribution >= 0.6 is 0 Å². The molecule has 4 aromatic carbocycles. The van der Waals surface area contributed by atoms with Gasteiger partial charge in [-0.15, -0.1) is 0 Å². The zero-order valence-electron chi connectivity index (χ0n) is 42.7. The average molecular weight is 1030 g/mol. The summed E-state index contributed by atoms with van der Waals surface area (Å²) in [5.41, 5.74) is 10.6. The molecule has 6 aromatic rings. The van der Waals surface area contributed by atoms with Crippen molar-refractivity contribution in [2.75, 3.05) is 62.3 Å². The molecule has 1 amide bonds. The lowest BCUT2D eigenvalue weighted by Crippen LogP contribution is -2.60. The van der Waals surface area contributed by atoms with E-state index in [-0.39, 0.29) is 55.8 Å². The standard InChI is InChI=1S/C57H68F2N8O6S/c1-36(2)43-7-5-6-8-44(43)52-35-65(34-38-9-11-40(72-4)12-10-38)23-24-67(52)39-29-57(30-39)19-21-66(22-20-57)51-28-53(73-41-25-45-48(59)33-63-54(45)62-32-41)46(27-47(51)58)55(68)64-74(70,71)42-13-14-50(49(60)26-42)61-31-37-15-17-56(3,69)18-16-37/h5-14,25-28,32-33,36-37,39,52,61,69H,15-24,29-31,34-35,60H2,1-4H3,(H,62,63)(H,64,68). The summed E-state index contributed by atoms with van der Waals surface area (Å²) < 4.78 is 72.6. The topological polar surface area (TPSA) is 178 Å². The maximum Gasteiger partial charge on any atom is 0.268 e. The van der Waals surface area contributed by atoms with Crippen LogP contribution in [0.4, 0.5) is 25.8 Å². The number of aromatic amines is 1. The van der Waals surface area contributed by atoms with Gasteiger partial charge in [-0.2, -0.15) is 0 Å². The van der Waals surface area contributed by atoms with E-state index in [1.165, 1.54) is 53.3 Å². The first-order valence-electron chi connectivity index (χ1n) is 26.0. The summed E-state index contributed by atoms with van der Waals surface area (Å²) in [4.78, 5) is 28.1. The van der Waals surface area contributed by atoms with E-state index in [9.17, 15) is 22.7 Å². The third-order valence-electron chi connectivity index (χ3n) is 16.3. The third kappa shape index (κ3) is 10.9. The monoisotopic (exact) mass is 1030 g/mol. The van der Waals surface area contributed by atoms with Gasteiger partial charge in [0.05, 0.1) is 51.8 Å². The van der Waals surface area contributed by atoms with Gasteiger partial charge in [0.1, 0.15) is 34.5 Å². The lowest BCUT2D eigenvalue weighted by molar-refractivity contribution is -0.0628.